The summed E-state index contributed by atoms with van der Waals surface area (Å²) in [5.41, 5.74) is 1.06. The van der Waals surface area contributed by atoms with Crippen LogP contribution in [0.4, 0.5) is 5.95 Å². The van der Waals surface area contributed by atoms with E-state index in [4.69, 9.17) is 0 Å². The molecule has 0 aliphatic carbocycles. The van der Waals surface area contributed by atoms with Crippen LogP contribution >= 0.6 is 15.9 Å². The molecule has 1 amide bonds. The van der Waals surface area contributed by atoms with Crippen molar-refractivity contribution in [2.75, 3.05) is 11.9 Å². The lowest BCUT2D eigenvalue weighted by atomic mass is 10.2. The quantitative estimate of drug-likeness (QED) is 0.850. The summed E-state index contributed by atoms with van der Waals surface area (Å²) in [6.45, 7) is 1.04. The molecule has 1 aromatic carbocycles. The highest BCUT2D eigenvalue weighted by Gasteiger charge is 2.02. The zero-order chi connectivity index (χ0) is 14.2. The normalized spacial score (nSPS) is 10.1. The second kappa shape index (κ2) is 7.59. The van der Waals surface area contributed by atoms with Crippen LogP contribution in [0.5, 0.6) is 0 Å². The molecule has 2 N–H and O–H groups in total. The van der Waals surface area contributed by atoms with Gasteiger partial charge in [0.1, 0.15) is 0 Å². The molecule has 0 spiro atoms. The van der Waals surface area contributed by atoms with Gasteiger partial charge in [0.05, 0.1) is 0 Å². The first-order valence-corrected chi connectivity index (χ1v) is 7.05. The molecule has 5 nitrogen and oxygen atoms in total. The molecule has 1 aromatic heterocycles. The van der Waals surface area contributed by atoms with Crippen molar-refractivity contribution in [3.8, 4) is 0 Å². The highest BCUT2D eigenvalue weighted by molar-refractivity contribution is 9.10. The Morgan fingerprint density at radius 2 is 2.00 bits per heavy atom. The third kappa shape index (κ3) is 4.97. The standard InChI is InChI=1S/C14H15BrN4O/c15-12-4-1-3-11(9-12)10-19-13(20)5-8-18-14-16-6-2-7-17-14/h1-4,6-7,9H,5,8,10H2,(H,19,20)(H,16,17,18). The van der Waals surface area contributed by atoms with E-state index in [0.29, 0.717) is 25.5 Å². The number of anilines is 1. The van der Waals surface area contributed by atoms with Gasteiger partial charge >= 0.3 is 0 Å². The second-order valence-corrected chi connectivity index (χ2v) is 5.07. The Hall–Kier alpha value is -1.95. The van der Waals surface area contributed by atoms with Crippen LogP contribution in [0.25, 0.3) is 0 Å². The Morgan fingerprint density at radius 3 is 2.75 bits per heavy atom. The van der Waals surface area contributed by atoms with Crippen molar-refractivity contribution >= 4 is 27.8 Å². The zero-order valence-corrected chi connectivity index (χ0v) is 12.4. The number of nitrogens with zero attached hydrogens (tertiary/aromatic N) is 2. The van der Waals surface area contributed by atoms with Gasteiger partial charge in [-0.15, -0.1) is 0 Å². The van der Waals surface area contributed by atoms with Crippen molar-refractivity contribution < 1.29 is 4.79 Å². The second-order valence-electron chi connectivity index (χ2n) is 4.16. The Kier molecular flexibility index (Phi) is 5.49. The van der Waals surface area contributed by atoms with Gasteiger partial charge in [0.2, 0.25) is 11.9 Å². The molecule has 0 atom stereocenters. The summed E-state index contributed by atoms with van der Waals surface area (Å²) >= 11 is 3.40. The maximum Gasteiger partial charge on any atom is 0.222 e. The van der Waals surface area contributed by atoms with E-state index in [2.05, 4.69) is 36.5 Å². The predicted octanol–water partition coefficient (Wildman–Crippen LogP) is 2.36. The molecule has 20 heavy (non-hydrogen) atoms. The summed E-state index contributed by atoms with van der Waals surface area (Å²) in [5, 5.41) is 5.86. The monoisotopic (exact) mass is 334 g/mol. The van der Waals surface area contributed by atoms with E-state index in [9.17, 15) is 4.79 Å². The lowest BCUT2D eigenvalue weighted by Gasteiger charge is -2.06. The van der Waals surface area contributed by atoms with Gasteiger partial charge < -0.3 is 10.6 Å². The fraction of sp³-hybridized carbons (Fsp3) is 0.214. The summed E-state index contributed by atoms with van der Waals surface area (Å²) in [6, 6.07) is 9.60. The number of nitrogens with one attached hydrogen (secondary N) is 2. The topological polar surface area (TPSA) is 66.9 Å². The molecule has 6 heteroatoms. The molecule has 0 radical (unpaired) electrons. The van der Waals surface area contributed by atoms with Crippen molar-refractivity contribution in [2.24, 2.45) is 0 Å². The molecule has 0 saturated heterocycles. The number of rotatable bonds is 6. The van der Waals surface area contributed by atoms with Gasteiger partial charge in [-0.3, -0.25) is 4.79 Å². The van der Waals surface area contributed by atoms with E-state index >= 15 is 0 Å². The maximum atomic E-state index is 11.7. The zero-order valence-electron chi connectivity index (χ0n) is 10.8. The van der Waals surface area contributed by atoms with E-state index < -0.39 is 0 Å². The molecule has 1 heterocycles. The summed E-state index contributed by atoms with van der Waals surface area (Å²) in [4.78, 5) is 19.7. The first-order chi connectivity index (χ1) is 9.74. The van der Waals surface area contributed by atoms with Gasteiger partial charge in [0, 0.05) is 36.4 Å². The van der Waals surface area contributed by atoms with Crippen molar-refractivity contribution in [1.82, 2.24) is 15.3 Å². The summed E-state index contributed by atoms with van der Waals surface area (Å²) in [7, 11) is 0. The van der Waals surface area contributed by atoms with Crippen LogP contribution < -0.4 is 10.6 Å². The van der Waals surface area contributed by atoms with E-state index in [0.717, 1.165) is 10.0 Å². The van der Waals surface area contributed by atoms with Crippen molar-refractivity contribution in [1.29, 1.82) is 0 Å². The molecule has 0 aliphatic rings. The number of hydrogen-bond acceptors (Lipinski definition) is 4. The van der Waals surface area contributed by atoms with E-state index in [-0.39, 0.29) is 5.91 Å². The van der Waals surface area contributed by atoms with Gasteiger partial charge in [-0.2, -0.15) is 0 Å². The average molecular weight is 335 g/mol. The average Bonchev–Trinajstić information content (AvgIpc) is 2.46. The van der Waals surface area contributed by atoms with Crippen LogP contribution in [0.3, 0.4) is 0 Å². The van der Waals surface area contributed by atoms with Crippen molar-refractivity contribution in [3.05, 3.63) is 52.8 Å². The molecular weight excluding hydrogens is 320 g/mol. The number of amides is 1. The van der Waals surface area contributed by atoms with Gasteiger partial charge in [-0.1, -0.05) is 28.1 Å². The number of aromatic nitrogens is 2. The van der Waals surface area contributed by atoms with Crippen molar-refractivity contribution in [3.63, 3.8) is 0 Å². The lowest BCUT2D eigenvalue weighted by molar-refractivity contribution is -0.121. The Morgan fingerprint density at radius 1 is 1.20 bits per heavy atom. The first-order valence-electron chi connectivity index (χ1n) is 6.26. The van der Waals surface area contributed by atoms with Crippen molar-refractivity contribution in [2.45, 2.75) is 13.0 Å². The molecule has 0 fully saturated rings. The smallest absolute Gasteiger partial charge is 0.222 e. The Labute approximate surface area is 126 Å². The molecule has 104 valence electrons. The first kappa shape index (κ1) is 14.5. The lowest BCUT2D eigenvalue weighted by Crippen LogP contribution is -2.25. The SMILES string of the molecule is O=C(CCNc1ncccn1)NCc1cccc(Br)c1. The van der Waals surface area contributed by atoms with Crippen LogP contribution in [-0.4, -0.2) is 22.4 Å². The highest BCUT2D eigenvalue weighted by atomic mass is 79.9. The summed E-state index contributed by atoms with van der Waals surface area (Å²) in [6.07, 6.45) is 3.69. The third-order valence-corrected chi connectivity index (χ3v) is 3.07. The molecule has 0 bridgehead atoms. The molecule has 0 aliphatic heterocycles. The van der Waals surface area contributed by atoms with E-state index in [1.54, 1.807) is 18.5 Å². The fourth-order valence-electron chi connectivity index (χ4n) is 1.61. The molecule has 2 rings (SSSR count). The molecule has 2 aromatic rings. The number of benzene rings is 1. The largest absolute Gasteiger partial charge is 0.354 e. The predicted molar refractivity (Wildman–Crippen MR) is 81.1 cm³/mol. The summed E-state index contributed by atoms with van der Waals surface area (Å²) in [5.74, 6) is 0.528. The molecular formula is C14H15BrN4O. The van der Waals surface area contributed by atoms with Gasteiger partial charge in [-0.25, -0.2) is 9.97 Å². The number of carbonyl (C=O) groups is 1. The maximum absolute atomic E-state index is 11.7. The fourth-order valence-corrected chi connectivity index (χ4v) is 2.06. The van der Waals surface area contributed by atoms with E-state index in [1.807, 2.05) is 24.3 Å². The third-order valence-electron chi connectivity index (χ3n) is 2.58. The minimum Gasteiger partial charge on any atom is -0.354 e. The van der Waals surface area contributed by atoms with E-state index in [1.165, 1.54) is 0 Å². The van der Waals surface area contributed by atoms with Gasteiger partial charge in [0.15, 0.2) is 0 Å². The minimum atomic E-state index is -0.00610. The summed E-state index contributed by atoms with van der Waals surface area (Å²) < 4.78 is 1.01. The Bertz CT molecular complexity index is 562. The number of carbonyl (C=O) groups excluding carboxylic acids is 1. The minimum absolute atomic E-state index is 0.00610. The van der Waals surface area contributed by atoms with Crippen LogP contribution in [0, 0.1) is 0 Å². The van der Waals surface area contributed by atoms with Gasteiger partial charge in [-0.05, 0) is 23.8 Å². The molecule has 0 saturated carbocycles. The number of halogens is 1. The number of hydrogen-bond donors (Lipinski definition) is 2. The highest BCUT2D eigenvalue weighted by Crippen LogP contribution is 2.11. The van der Waals surface area contributed by atoms with Crippen LogP contribution in [0.15, 0.2) is 47.2 Å². The van der Waals surface area contributed by atoms with Crippen LogP contribution in [0.1, 0.15) is 12.0 Å². The van der Waals surface area contributed by atoms with Gasteiger partial charge in [0.25, 0.3) is 0 Å². The van der Waals surface area contributed by atoms with Crippen LogP contribution in [0.2, 0.25) is 0 Å². The molecule has 0 unspecified atom stereocenters. The Balaban J connectivity index is 1.68. The van der Waals surface area contributed by atoms with Crippen LogP contribution in [-0.2, 0) is 11.3 Å².